The highest BCUT2D eigenvalue weighted by Gasteiger charge is 2.21. The summed E-state index contributed by atoms with van der Waals surface area (Å²) in [5.74, 6) is 1.10. The van der Waals surface area contributed by atoms with Crippen molar-refractivity contribution in [2.75, 3.05) is 6.79 Å². The predicted molar refractivity (Wildman–Crippen MR) is 123 cm³/mol. The minimum Gasteiger partial charge on any atom is -0.454 e. The van der Waals surface area contributed by atoms with Crippen molar-refractivity contribution in [3.05, 3.63) is 76.3 Å². The maximum Gasteiger partial charge on any atom is 0.263 e. The molecule has 1 N–H and O–H groups in total. The van der Waals surface area contributed by atoms with E-state index in [1.54, 1.807) is 6.92 Å². The van der Waals surface area contributed by atoms with E-state index in [4.69, 9.17) is 9.47 Å². The van der Waals surface area contributed by atoms with Crippen LogP contribution in [0.1, 0.15) is 24.1 Å². The monoisotopic (exact) mass is 447 g/mol. The summed E-state index contributed by atoms with van der Waals surface area (Å²) < 4.78 is 12.1. The van der Waals surface area contributed by atoms with Gasteiger partial charge in [-0.05, 0) is 42.7 Å². The molecule has 2 aromatic carbocycles. The van der Waals surface area contributed by atoms with Crippen LogP contribution in [0.3, 0.4) is 0 Å². The summed E-state index contributed by atoms with van der Waals surface area (Å²) in [7, 11) is 0. The lowest BCUT2D eigenvalue weighted by molar-refractivity contribution is -0.124. The molecule has 0 fully saturated rings. The SMILES string of the molecule is Cc1c(-c2ccccc2)sc2ncn([C@H](C)C(=O)NCc3ccc4c(c3)OCO4)c(=O)c12. The van der Waals surface area contributed by atoms with Crippen LogP contribution in [0.5, 0.6) is 11.5 Å². The largest absolute Gasteiger partial charge is 0.454 e. The number of hydrogen-bond acceptors (Lipinski definition) is 6. The summed E-state index contributed by atoms with van der Waals surface area (Å²) in [5.41, 5.74) is 2.61. The molecule has 5 rings (SSSR count). The summed E-state index contributed by atoms with van der Waals surface area (Å²) in [6.45, 7) is 4.15. The number of aryl methyl sites for hydroxylation is 1. The van der Waals surface area contributed by atoms with Gasteiger partial charge in [0.25, 0.3) is 5.56 Å². The highest BCUT2D eigenvalue weighted by atomic mass is 32.1. The number of amides is 1. The lowest BCUT2D eigenvalue weighted by Gasteiger charge is -2.15. The van der Waals surface area contributed by atoms with Gasteiger partial charge in [0, 0.05) is 11.4 Å². The summed E-state index contributed by atoms with van der Waals surface area (Å²) >= 11 is 1.49. The number of aromatic nitrogens is 2. The van der Waals surface area contributed by atoms with Gasteiger partial charge in [-0.3, -0.25) is 14.2 Å². The van der Waals surface area contributed by atoms with Crippen LogP contribution in [0.4, 0.5) is 0 Å². The third-order valence-electron chi connectivity index (χ3n) is 5.61. The number of nitrogens with zero attached hydrogens (tertiary/aromatic N) is 2. The first kappa shape index (κ1) is 20.3. The zero-order valence-corrected chi connectivity index (χ0v) is 18.4. The minimum absolute atomic E-state index is 0.203. The first-order valence-corrected chi connectivity index (χ1v) is 11.1. The standard InChI is InChI=1S/C24H21N3O4S/c1-14-20-23(32-21(14)17-6-4-3-5-7-17)26-12-27(24(20)29)15(2)22(28)25-11-16-8-9-18-19(10-16)31-13-30-18/h3-10,12,15H,11,13H2,1-2H3,(H,25,28)/t15-/m1/s1. The molecule has 2 aromatic heterocycles. The quantitative estimate of drug-likeness (QED) is 0.499. The smallest absolute Gasteiger partial charge is 0.263 e. The Hall–Kier alpha value is -3.65. The molecule has 0 spiro atoms. The number of nitrogens with one attached hydrogen (secondary N) is 1. The summed E-state index contributed by atoms with van der Waals surface area (Å²) in [6, 6.07) is 14.8. The fourth-order valence-corrected chi connectivity index (χ4v) is 4.94. The van der Waals surface area contributed by atoms with Crippen molar-refractivity contribution in [3.63, 3.8) is 0 Å². The first-order valence-electron chi connectivity index (χ1n) is 10.2. The molecule has 1 aliphatic heterocycles. The second-order valence-corrected chi connectivity index (χ2v) is 8.64. The topological polar surface area (TPSA) is 82.5 Å². The van der Waals surface area contributed by atoms with Gasteiger partial charge in [0.05, 0.1) is 11.7 Å². The highest BCUT2D eigenvalue weighted by molar-refractivity contribution is 7.22. The summed E-state index contributed by atoms with van der Waals surface area (Å²) in [5, 5.41) is 3.45. The van der Waals surface area contributed by atoms with E-state index in [0.717, 1.165) is 21.6 Å². The second-order valence-electron chi connectivity index (χ2n) is 7.64. The molecule has 8 heteroatoms. The molecule has 0 radical (unpaired) electrons. The normalized spacial score (nSPS) is 13.3. The third-order valence-corrected chi connectivity index (χ3v) is 6.86. The van der Waals surface area contributed by atoms with Crippen LogP contribution in [0.15, 0.2) is 59.7 Å². The molecule has 1 atom stereocenters. The number of rotatable bonds is 5. The molecule has 7 nitrogen and oxygen atoms in total. The average molecular weight is 448 g/mol. The van der Waals surface area contributed by atoms with Gasteiger partial charge in [-0.1, -0.05) is 36.4 Å². The second kappa shape index (κ2) is 8.12. The number of fused-ring (bicyclic) bond motifs is 2. The first-order chi connectivity index (χ1) is 15.5. The van der Waals surface area contributed by atoms with Gasteiger partial charge in [0.1, 0.15) is 10.9 Å². The highest BCUT2D eigenvalue weighted by Crippen LogP contribution is 2.35. The predicted octanol–water partition coefficient (Wildman–Crippen LogP) is 4.04. The van der Waals surface area contributed by atoms with Crippen LogP contribution in [0, 0.1) is 6.92 Å². The Morgan fingerprint density at radius 1 is 1.19 bits per heavy atom. The molecule has 0 saturated carbocycles. The Labute approximate surface area is 188 Å². The molecular weight excluding hydrogens is 426 g/mol. The summed E-state index contributed by atoms with van der Waals surface area (Å²) in [6.07, 6.45) is 1.46. The zero-order chi connectivity index (χ0) is 22.2. The average Bonchev–Trinajstić information content (AvgIpc) is 3.42. The van der Waals surface area contributed by atoms with E-state index in [1.807, 2.05) is 55.5 Å². The molecule has 32 heavy (non-hydrogen) atoms. The van der Waals surface area contributed by atoms with E-state index >= 15 is 0 Å². The fraction of sp³-hybridized carbons (Fsp3) is 0.208. The van der Waals surface area contributed by atoms with E-state index in [-0.39, 0.29) is 18.3 Å². The Balaban J connectivity index is 1.39. The Bertz CT molecular complexity index is 1380. The molecular formula is C24H21N3O4S. The third kappa shape index (κ3) is 3.52. The van der Waals surface area contributed by atoms with Crippen LogP contribution in [-0.4, -0.2) is 22.3 Å². The number of thiophene rings is 1. The molecule has 1 aliphatic rings. The van der Waals surface area contributed by atoms with E-state index in [0.29, 0.717) is 28.3 Å². The van der Waals surface area contributed by atoms with Gasteiger partial charge < -0.3 is 14.8 Å². The fourth-order valence-electron chi connectivity index (χ4n) is 3.79. The van der Waals surface area contributed by atoms with Gasteiger partial charge in [-0.2, -0.15) is 0 Å². The van der Waals surface area contributed by atoms with Gasteiger partial charge in [-0.15, -0.1) is 11.3 Å². The van der Waals surface area contributed by atoms with E-state index in [2.05, 4.69) is 10.3 Å². The van der Waals surface area contributed by atoms with Crippen molar-refractivity contribution in [2.24, 2.45) is 0 Å². The lowest BCUT2D eigenvalue weighted by Crippen LogP contribution is -2.35. The van der Waals surface area contributed by atoms with Crippen molar-refractivity contribution >= 4 is 27.5 Å². The molecule has 3 heterocycles. The van der Waals surface area contributed by atoms with Crippen LogP contribution in [0.25, 0.3) is 20.7 Å². The van der Waals surface area contributed by atoms with Crippen LogP contribution >= 0.6 is 11.3 Å². The number of ether oxygens (including phenoxy) is 2. The van der Waals surface area contributed by atoms with Crippen LogP contribution in [-0.2, 0) is 11.3 Å². The van der Waals surface area contributed by atoms with Crippen LogP contribution in [0.2, 0.25) is 0 Å². The van der Waals surface area contributed by atoms with Gasteiger partial charge >= 0.3 is 0 Å². The van der Waals surface area contributed by atoms with Gasteiger partial charge in [0.2, 0.25) is 12.7 Å². The molecule has 162 valence electrons. The van der Waals surface area contributed by atoms with E-state index in [1.165, 1.54) is 22.2 Å². The van der Waals surface area contributed by atoms with Crippen molar-refractivity contribution in [2.45, 2.75) is 26.4 Å². The number of benzene rings is 2. The molecule has 0 aliphatic carbocycles. The number of hydrogen-bond donors (Lipinski definition) is 1. The molecule has 0 saturated heterocycles. The Morgan fingerprint density at radius 2 is 1.97 bits per heavy atom. The Kier molecular flexibility index (Phi) is 5.14. The maximum atomic E-state index is 13.3. The lowest BCUT2D eigenvalue weighted by atomic mass is 10.1. The van der Waals surface area contributed by atoms with Crippen molar-refractivity contribution in [3.8, 4) is 21.9 Å². The number of carbonyl (C=O) groups is 1. The van der Waals surface area contributed by atoms with Crippen molar-refractivity contribution in [1.29, 1.82) is 0 Å². The molecule has 0 bridgehead atoms. The minimum atomic E-state index is -0.701. The van der Waals surface area contributed by atoms with Crippen molar-refractivity contribution in [1.82, 2.24) is 14.9 Å². The van der Waals surface area contributed by atoms with E-state index in [9.17, 15) is 9.59 Å². The summed E-state index contributed by atoms with van der Waals surface area (Å²) in [4.78, 5) is 32.2. The van der Waals surface area contributed by atoms with Gasteiger partial charge in [-0.25, -0.2) is 4.98 Å². The molecule has 0 unspecified atom stereocenters. The molecule has 1 amide bonds. The van der Waals surface area contributed by atoms with E-state index < -0.39 is 6.04 Å². The number of carbonyl (C=O) groups excluding carboxylic acids is 1. The Morgan fingerprint density at radius 3 is 2.78 bits per heavy atom. The van der Waals surface area contributed by atoms with Gasteiger partial charge in [0.15, 0.2) is 11.5 Å². The zero-order valence-electron chi connectivity index (χ0n) is 17.6. The van der Waals surface area contributed by atoms with Crippen molar-refractivity contribution < 1.29 is 14.3 Å². The molecule has 4 aromatic rings. The maximum absolute atomic E-state index is 13.3. The van der Waals surface area contributed by atoms with Crippen LogP contribution < -0.4 is 20.3 Å².